The first-order valence-electron chi connectivity index (χ1n) is 10.6. The molecule has 0 fully saturated rings. The molecule has 1 unspecified atom stereocenters. The Hall–Kier alpha value is -3.07. The summed E-state index contributed by atoms with van der Waals surface area (Å²) in [6.45, 7) is 4.93. The lowest BCUT2D eigenvalue weighted by molar-refractivity contribution is 0.0977. The van der Waals surface area contributed by atoms with Crippen LogP contribution in [0.1, 0.15) is 30.6 Å². The van der Waals surface area contributed by atoms with E-state index in [9.17, 15) is 9.35 Å². The normalized spacial score (nSPS) is 11.5. The molecule has 0 bridgehead atoms. The van der Waals surface area contributed by atoms with E-state index in [-0.39, 0.29) is 11.0 Å². The van der Waals surface area contributed by atoms with E-state index in [4.69, 9.17) is 17.0 Å². The van der Waals surface area contributed by atoms with Crippen LogP contribution in [0.15, 0.2) is 83.8 Å². The van der Waals surface area contributed by atoms with E-state index < -0.39 is 11.4 Å². The Morgan fingerprint density at radius 3 is 2.27 bits per heavy atom. The maximum atomic E-state index is 12.4. The zero-order chi connectivity index (χ0) is 23.6. The van der Waals surface area contributed by atoms with Gasteiger partial charge in [0.15, 0.2) is 10.0 Å². The molecular formula is C25H27N3O3S2. The summed E-state index contributed by atoms with van der Waals surface area (Å²) in [5.41, 5.74) is 1.93. The molecule has 3 aromatic rings. The Bertz CT molecular complexity index is 1040. The second-order valence-corrected chi connectivity index (χ2v) is 9.35. The van der Waals surface area contributed by atoms with Gasteiger partial charge in [-0.05, 0) is 85.2 Å². The van der Waals surface area contributed by atoms with Gasteiger partial charge in [0.2, 0.25) is 0 Å². The molecule has 3 aromatic carbocycles. The standard InChI is InChI=1S/C25H27N3O3S2/c1-18(2)16-17-31-22-12-8-19(9-13-22)24(29)27-25(32)26-20-10-14-23(15-11-20)33(30)28-21-6-4-3-5-7-21/h3-15,18,28H,16-17H2,1-2H3,(H2,26,27,29,32). The van der Waals surface area contributed by atoms with Crippen LogP contribution >= 0.6 is 12.2 Å². The fourth-order valence-corrected chi connectivity index (χ4v) is 3.85. The molecule has 0 saturated carbocycles. The van der Waals surface area contributed by atoms with Crippen molar-refractivity contribution < 1.29 is 14.1 Å². The van der Waals surface area contributed by atoms with Crippen molar-refractivity contribution in [1.82, 2.24) is 5.32 Å². The van der Waals surface area contributed by atoms with Crippen LogP contribution < -0.4 is 20.1 Å². The zero-order valence-electron chi connectivity index (χ0n) is 18.5. The highest BCUT2D eigenvalue weighted by Gasteiger charge is 2.12. The topological polar surface area (TPSA) is 85.5 Å². The number of amides is 1. The van der Waals surface area contributed by atoms with Crippen molar-refractivity contribution >= 4 is 46.0 Å². The molecule has 1 atom stereocenters. The van der Waals surface area contributed by atoms with Gasteiger partial charge in [-0.1, -0.05) is 32.0 Å². The van der Waals surface area contributed by atoms with Crippen LogP contribution in [0.2, 0.25) is 0 Å². The predicted molar refractivity (Wildman–Crippen MR) is 138 cm³/mol. The van der Waals surface area contributed by atoms with Gasteiger partial charge in [-0.15, -0.1) is 0 Å². The molecule has 0 aliphatic carbocycles. The lowest BCUT2D eigenvalue weighted by Crippen LogP contribution is -2.34. The van der Waals surface area contributed by atoms with Gasteiger partial charge >= 0.3 is 0 Å². The van der Waals surface area contributed by atoms with Crippen molar-refractivity contribution in [3.8, 4) is 5.75 Å². The minimum atomic E-state index is -1.39. The smallest absolute Gasteiger partial charge is 0.257 e. The minimum absolute atomic E-state index is 0.175. The SMILES string of the molecule is CC(C)CCOc1ccc(C(=O)NC(=S)Nc2ccc([S+]([O-])Nc3ccccc3)cc2)cc1. The fraction of sp³-hybridized carbons (Fsp3) is 0.200. The van der Waals surface area contributed by atoms with Gasteiger partial charge in [0.1, 0.15) is 17.1 Å². The highest BCUT2D eigenvalue weighted by Crippen LogP contribution is 2.18. The average molecular weight is 482 g/mol. The van der Waals surface area contributed by atoms with E-state index in [2.05, 4.69) is 29.2 Å². The third kappa shape index (κ3) is 8.09. The minimum Gasteiger partial charge on any atom is -0.588 e. The molecule has 0 radical (unpaired) electrons. The first kappa shape index (κ1) is 24.6. The van der Waals surface area contributed by atoms with Crippen LogP contribution in [0.4, 0.5) is 11.4 Å². The quantitative estimate of drug-likeness (QED) is 0.281. The molecule has 0 heterocycles. The monoisotopic (exact) mass is 481 g/mol. The Morgan fingerprint density at radius 2 is 1.64 bits per heavy atom. The van der Waals surface area contributed by atoms with Crippen molar-refractivity contribution in [3.63, 3.8) is 0 Å². The predicted octanol–water partition coefficient (Wildman–Crippen LogP) is 5.37. The van der Waals surface area contributed by atoms with Gasteiger partial charge in [0, 0.05) is 11.3 Å². The van der Waals surface area contributed by atoms with E-state index >= 15 is 0 Å². The number of ether oxygens (including phenoxy) is 1. The second kappa shape index (κ2) is 12.2. The van der Waals surface area contributed by atoms with E-state index in [1.54, 1.807) is 48.5 Å². The summed E-state index contributed by atoms with van der Waals surface area (Å²) in [5.74, 6) is 0.992. The van der Waals surface area contributed by atoms with Crippen LogP contribution in [0.5, 0.6) is 5.75 Å². The largest absolute Gasteiger partial charge is 0.588 e. The van der Waals surface area contributed by atoms with E-state index in [1.165, 1.54) is 0 Å². The Kier molecular flexibility index (Phi) is 9.12. The molecule has 0 aromatic heterocycles. The molecule has 6 nitrogen and oxygen atoms in total. The number of rotatable bonds is 9. The zero-order valence-corrected chi connectivity index (χ0v) is 20.2. The van der Waals surface area contributed by atoms with Gasteiger partial charge in [0.25, 0.3) is 5.91 Å². The van der Waals surface area contributed by atoms with Crippen LogP contribution in [-0.2, 0) is 11.4 Å². The van der Waals surface area contributed by atoms with E-state index in [0.717, 1.165) is 17.9 Å². The first-order valence-corrected chi connectivity index (χ1v) is 12.2. The number of para-hydroxylation sites is 1. The third-order valence-corrected chi connectivity index (χ3v) is 5.94. The lowest BCUT2D eigenvalue weighted by atomic mass is 10.1. The highest BCUT2D eigenvalue weighted by atomic mass is 32.2. The van der Waals surface area contributed by atoms with Crippen LogP contribution in [0.3, 0.4) is 0 Å². The van der Waals surface area contributed by atoms with E-state index in [0.29, 0.717) is 28.7 Å². The second-order valence-electron chi connectivity index (χ2n) is 7.72. The highest BCUT2D eigenvalue weighted by molar-refractivity contribution is 7.92. The molecule has 0 aliphatic heterocycles. The number of carbonyl (C=O) groups excluding carboxylic acids is 1. The Morgan fingerprint density at radius 1 is 0.970 bits per heavy atom. The molecule has 0 spiro atoms. The van der Waals surface area contributed by atoms with Crippen molar-refractivity contribution in [1.29, 1.82) is 0 Å². The summed E-state index contributed by atoms with van der Waals surface area (Å²) in [4.78, 5) is 13.1. The van der Waals surface area contributed by atoms with Gasteiger partial charge < -0.3 is 14.6 Å². The number of hydrogen-bond acceptors (Lipinski definition) is 5. The Balaban J connectivity index is 1.48. The summed E-state index contributed by atoms with van der Waals surface area (Å²) in [7, 11) is 0. The van der Waals surface area contributed by atoms with Crippen molar-refractivity contribution in [2.75, 3.05) is 16.6 Å². The maximum Gasteiger partial charge on any atom is 0.257 e. The summed E-state index contributed by atoms with van der Waals surface area (Å²) in [5, 5.41) is 5.80. The van der Waals surface area contributed by atoms with Gasteiger partial charge in [-0.2, -0.15) is 0 Å². The van der Waals surface area contributed by atoms with E-state index in [1.807, 2.05) is 30.3 Å². The third-order valence-electron chi connectivity index (χ3n) is 4.62. The number of benzene rings is 3. The number of carbonyl (C=O) groups is 1. The summed E-state index contributed by atoms with van der Waals surface area (Å²) in [6, 6.07) is 23.3. The molecular weight excluding hydrogens is 454 g/mol. The molecule has 8 heteroatoms. The number of thiocarbonyl (C=S) groups is 1. The van der Waals surface area contributed by atoms with Gasteiger partial charge in [0.05, 0.1) is 12.3 Å². The van der Waals surface area contributed by atoms with Crippen LogP contribution in [-0.4, -0.2) is 22.2 Å². The first-order chi connectivity index (χ1) is 15.9. The number of nitrogens with one attached hydrogen (secondary N) is 3. The van der Waals surface area contributed by atoms with Crippen LogP contribution in [0, 0.1) is 5.92 Å². The van der Waals surface area contributed by atoms with Crippen molar-refractivity contribution in [2.24, 2.45) is 5.92 Å². The Labute approximate surface area is 203 Å². The average Bonchev–Trinajstić information content (AvgIpc) is 2.80. The molecule has 33 heavy (non-hydrogen) atoms. The molecule has 0 aliphatic rings. The molecule has 3 rings (SSSR count). The van der Waals surface area contributed by atoms with Crippen LogP contribution in [0.25, 0.3) is 0 Å². The van der Waals surface area contributed by atoms with Gasteiger partial charge in [-0.25, -0.2) is 4.72 Å². The summed E-state index contributed by atoms with van der Waals surface area (Å²) in [6.07, 6.45) is 0.975. The molecule has 172 valence electrons. The van der Waals surface area contributed by atoms with Crippen molar-refractivity contribution in [2.45, 2.75) is 25.2 Å². The number of anilines is 2. The molecule has 3 N–H and O–H groups in total. The maximum absolute atomic E-state index is 12.4. The van der Waals surface area contributed by atoms with Crippen molar-refractivity contribution in [3.05, 3.63) is 84.4 Å². The molecule has 1 amide bonds. The fourth-order valence-electron chi connectivity index (χ4n) is 2.79. The summed E-state index contributed by atoms with van der Waals surface area (Å²) < 4.78 is 21.1. The molecule has 0 saturated heterocycles. The summed E-state index contributed by atoms with van der Waals surface area (Å²) >= 11 is 3.86. The number of hydrogen-bond donors (Lipinski definition) is 3. The lowest BCUT2D eigenvalue weighted by Gasteiger charge is -2.13. The van der Waals surface area contributed by atoms with Gasteiger partial charge in [-0.3, -0.25) is 10.1 Å².